The average molecular weight is 496 g/mol. The lowest BCUT2D eigenvalue weighted by Crippen LogP contribution is -2.53. The molecule has 0 aromatic rings. The summed E-state index contributed by atoms with van der Waals surface area (Å²) in [7, 11) is 0. The quantitative estimate of drug-likeness (QED) is 0.265. The molecule has 27 heavy (non-hydrogen) atoms. The van der Waals surface area contributed by atoms with Crippen molar-refractivity contribution in [2.45, 2.75) is 59.0 Å². The number of nitrogens with zero attached hydrogens (tertiary/aromatic N) is 3. The monoisotopic (exact) mass is 496 g/mol. The zero-order valence-electron chi connectivity index (χ0n) is 17.3. The molecule has 0 aromatic carbocycles. The molecule has 0 bridgehead atoms. The number of guanidine groups is 1. The second kappa shape index (κ2) is 10.7. The van der Waals surface area contributed by atoms with Crippen LogP contribution in [0.15, 0.2) is 4.99 Å². The summed E-state index contributed by atoms with van der Waals surface area (Å²) in [4.78, 5) is 20.6. The normalized spacial score (nSPS) is 19.9. The predicted molar refractivity (Wildman–Crippen MR) is 119 cm³/mol. The zero-order chi connectivity index (χ0) is 19.2. The van der Waals surface area contributed by atoms with Crippen LogP contribution in [0.25, 0.3) is 0 Å². The Labute approximate surface area is 181 Å². The van der Waals surface area contributed by atoms with E-state index in [0.717, 1.165) is 26.2 Å². The molecule has 7 nitrogen and oxygen atoms in total. The van der Waals surface area contributed by atoms with Gasteiger partial charge in [-0.05, 0) is 52.4 Å². The van der Waals surface area contributed by atoms with Crippen LogP contribution < -0.4 is 5.73 Å². The molecule has 0 unspecified atom stereocenters. The van der Waals surface area contributed by atoms with Crippen molar-refractivity contribution in [2.75, 3.05) is 45.9 Å². The SMILES string of the molecule is CCOCCC1(CN=C(N)N2CCN(C(=O)OC(C)(C)C)CC2)CCC1.I. The van der Waals surface area contributed by atoms with Gasteiger partial charge in [-0.15, -0.1) is 24.0 Å². The first kappa shape index (κ1) is 24.3. The third-order valence-corrected chi connectivity index (χ3v) is 5.23. The number of amides is 1. The van der Waals surface area contributed by atoms with Crippen molar-refractivity contribution in [2.24, 2.45) is 16.1 Å². The van der Waals surface area contributed by atoms with E-state index in [4.69, 9.17) is 15.2 Å². The number of hydrogen-bond donors (Lipinski definition) is 1. The molecule has 1 amide bonds. The molecule has 1 aliphatic heterocycles. The first-order valence-corrected chi connectivity index (χ1v) is 9.85. The van der Waals surface area contributed by atoms with Crippen molar-refractivity contribution in [3.8, 4) is 0 Å². The van der Waals surface area contributed by atoms with E-state index >= 15 is 0 Å². The van der Waals surface area contributed by atoms with E-state index < -0.39 is 5.60 Å². The van der Waals surface area contributed by atoms with Crippen molar-refractivity contribution in [3.05, 3.63) is 0 Å². The van der Waals surface area contributed by atoms with Crippen molar-refractivity contribution < 1.29 is 14.3 Å². The highest BCUT2D eigenvalue weighted by Crippen LogP contribution is 2.44. The van der Waals surface area contributed by atoms with E-state index in [1.807, 2.05) is 27.7 Å². The van der Waals surface area contributed by atoms with Gasteiger partial charge in [0.1, 0.15) is 5.60 Å². The van der Waals surface area contributed by atoms with Gasteiger partial charge in [-0.3, -0.25) is 4.99 Å². The molecule has 1 heterocycles. The number of halogens is 1. The highest BCUT2D eigenvalue weighted by molar-refractivity contribution is 14.0. The number of hydrogen-bond acceptors (Lipinski definition) is 4. The summed E-state index contributed by atoms with van der Waals surface area (Å²) in [6.07, 6.45) is 4.50. The minimum absolute atomic E-state index is 0. The third kappa shape index (κ3) is 7.63. The predicted octanol–water partition coefficient (Wildman–Crippen LogP) is 3.07. The Morgan fingerprint density at radius 2 is 1.74 bits per heavy atom. The second-order valence-electron chi connectivity index (χ2n) is 8.43. The molecular formula is C19H37IN4O3. The van der Waals surface area contributed by atoms with Gasteiger partial charge < -0.3 is 25.0 Å². The summed E-state index contributed by atoms with van der Waals surface area (Å²) < 4.78 is 10.9. The van der Waals surface area contributed by atoms with E-state index in [9.17, 15) is 4.79 Å². The van der Waals surface area contributed by atoms with Crippen molar-refractivity contribution in [1.29, 1.82) is 0 Å². The molecule has 2 aliphatic rings. The van der Waals surface area contributed by atoms with E-state index in [1.165, 1.54) is 19.3 Å². The van der Waals surface area contributed by atoms with Gasteiger partial charge in [0.05, 0.1) is 0 Å². The van der Waals surface area contributed by atoms with Gasteiger partial charge in [-0.2, -0.15) is 0 Å². The summed E-state index contributed by atoms with van der Waals surface area (Å²) in [5.41, 5.74) is 6.03. The van der Waals surface area contributed by atoms with E-state index in [0.29, 0.717) is 32.1 Å². The van der Waals surface area contributed by atoms with E-state index in [1.54, 1.807) is 4.90 Å². The Morgan fingerprint density at radius 3 is 2.22 bits per heavy atom. The molecule has 0 spiro atoms. The van der Waals surface area contributed by atoms with Gasteiger partial charge in [0.15, 0.2) is 5.96 Å². The van der Waals surface area contributed by atoms with Crippen LogP contribution in [0.5, 0.6) is 0 Å². The summed E-state index contributed by atoms with van der Waals surface area (Å²) in [6.45, 7) is 12.6. The Balaban J connectivity index is 0.00000364. The topological polar surface area (TPSA) is 80.4 Å². The first-order chi connectivity index (χ1) is 12.2. The summed E-state index contributed by atoms with van der Waals surface area (Å²) >= 11 is 0. The van der Waals surface area contributed by atoms with Crippen LogP contribution in [0, 0.1) is 5.41 Å². The first-order valence-electron chi connectivity index (χ1n) is 9.85. The molecule has 158 valence electrons. The molecule has 2 rings (SSSR count). The van der Waals surface area contributed by atoms with Crippen LogP contribution in [0.1, 0.15) is 53.4 Å². The maximum absolute atomic E-state index is 12.1. The van der Waals surface area contributed by atoms with Crippen LogP contribution in [0.3, 0.4) is 0 Å². The minimum atomic E-state index is -0.465. The highest BCUT2D eigenvalue weighted by atomic mass is 127. The van der Waals surface area contributed by atoms with Crippen LogP contribution in [0.4, 0.5) is 4.79 Å². The maximum Gasteiger partial charge on any atom is 0.410 e. The molecule has 1 aliphatic carbocycles. The fourth-order valence-electron chi connectivity index (χ4n) is 3.39. The van der Waals surface area contributed by atoms with Gasteiger partial charge in [0.2, 0.25) is 0 Å². The maximum atomic E-state index is 12.1. The zero-order valence-corrected chi connectivity index (χ0v) is 19.7. The Morgan fingerprint density at radius 1 is 1.15 bits per heavy atom. The molecular weight excluding hydrogens is 459 g/mol. The van der Waals surface area contributed by atoms with Crippen LogP contribution in [0.2, 0.25) is 0 Å². The third-order valence-electron chi connectivity index (χ3n) is 5.23. The van der Waals surface area contributed by atoms with Crippen molar-refractivity contribution in [1.82, 2.24) is 9.80 Å². The molecule has 8 heteroatoms. The Kier molecular flexibility index (Phi) is 9.61. The lowest BCUT2D eigenvalue weighted by molar-refractivity contribution is 0.0186. The molecule has 0 aromatic heterocycles. The molecule has 2 N–H and O–H groups in total. The van der Waals surface area contributed by atoms with Gasteiger partial charge in [-0.25, -0.2) is 4.79 Å². The number of carbonyl (C=O) groups excluding carboxylic acids is 1. The molecule has 1 saturated heterocycles. The molecule has 1 saturated carbocycles. The number of ether oxygens (including phenoxy) is 2. The fourth-order valence-corrected chi connectivity index (χ4v) is 3.39. The molecule has 0 radical (unpaired) electrons. The standard InChI is InChI=1S/C19H36N4O3.HI/c1-5-25-14-9-19(7-6-8-19)15-21-16(20)22-10-12-23(13-11-22)17(24)26-18(2,3)4;/h5-15H2,1-4H3,(H2,20,21);1H. The summed E-state index contributed by atoms with van der Waals surface area (Å²) in [6, 6.07) is 0. The lowest BCUT2D eigenvalue weighted by atomic mass is 9.67. The number of nitrogens with two attached hydrogens (primary N) is 1. The largest absolute Gasteiger partial charge is 0.444 e. The number of piperazine rings is 1. The minimum Gasteiger partial charge on any atom is -0.444 e. The van der Waals surface area contributed by atoms with Gasteiger partial charge in [0, 0.05) is 45.9 Å². The molecule has 0 atom stereocenters. The number of carbonyl (C=O) groups is 1. The average Bonchev–Trinajstić information content (AvgIpc) is 2.55. The summed E-state index contributed by atoms with van der Waals surface area (Å²) in [5.74, 6) is 0.594. The van der Waals surface area contributed by atoms with Crippen LogP contribution in [-0.2, 0) is 9.47 Å². The molecule has 2 fully saturated rings. The van der Waals surface area contributed by atoms with Crippen molar-refractivity contribution in [3.63, 3.8) is 0 Å². The van der Waals surface area contributed by atoms with Gasteiger partial charge in [-0.1, -0.05) is 6.42 Å². The van der Waals surface area contributed by atoms with E-state index in [-0.39, 0.29) is 35.5 Å². The van der Waals surface area contributed by atoms with Gasteiger partial charge in [0.25, 0.3) is 0 Å². The fraction of sp³-hybridized carbons (Fsp3) is 0.895. The Hall–Kier alpha value is -0.770. The lowest BCUT2D eigenvalue weighted by Gasteiger charge is -2.41. The van der Waals surface area contributed by atoms with Crippen molar-refractivity contribution >= 4 is 36.0 Å². The van der Waals surface area contributed by atoms with Crippen LogP contribution in [-0.4, -0.2) is 73.4 Å². The smallest absolute Gasteiger partial charge is 0.410 e. The van der Waals surface area contributed by atoms with Gasteiger partial charge >= 0.3 is 6.09 Å². The van der Waals surface area contributed by atoms with Crippen LogP contribution >= 0.6 is 24.0 Å². The van der Waals surface area contributed by atoms with E-state index in [2.05, 4.69) is 9.89 Å². The second-order valence-corrected chi connectivity index (χ2v) is 8.43. The number of rotatable bonds is 6. The number of aliphatic imine (C=N–C) groups is 1. The summed E-state index contributed by atoms with van der Waals surface area (Å²) in [5, 5.41) is 0. The Bertz CT molecular complexity index is 496. The highest BCUT2D eigenvalue weighted by Gasteiger charge is 2.36.